The molecular formula is C13H19N5O. The maximum Gasteiger partial charge on any atom is 0.223 e. The minimum absolute atomic E-state index is 0.314. The van der Waals surface area contributed by atoms with Crippen molar-refractivity contribution in [3.05, 3.63) is 29.7 Å². The summed E-state index contributed by atoms with van der Waals surface area (Å²) in [4.78, 5) is 6.81. The van der Waals surface area contributed by atoms with Crippen LogP contribution in [0.25, 0.3) is 0 Å². The normalized spacial score (nSPS) is 20.2. The van der Waals surface area contributed by atoms with Crippen LogP contribution < -0.4 is 0 Å². The summed E-state index contributed by atoms with van der Waals surface area (Å²) in [6.45, 7) is 3.97. The molecule has 0 spiro atoms. The molecule has 1 aliphatic heterocycles. The molecule has 0 aliphatic carbocycles. The lowest BCUT2D eigenvalue weighted by Gasteiger charge is -2.21. The number of hydrogen-bond acceptors (Lipinski definition) is 5. The molecular weight excluding hydrogens is 242 g/mol. The van der Waals surface area contributed by atoms with Crippen LogP contribution in [0, 0.1) is 6.92 Å². The zero-order valence-corrected chi connectivity index (χ0v) is 11.4. The number of rotatable bonds is 4. The van der Waals surface area contributed by atoms with Crippen molar-refractivity contribution in [2.75, 3.05) is 13.1 Å². The van der Waals surface area contributed by atoms with E-state index in [2.05, 4.69) is 26.3 Å². The molecule has 2 aromatic heterocycles. The highest BCUT2D eigenvalue weighted by Gasteiger charge is 2.29. The van der Waals surface area contributed by atoms with Gasteiger partial charge in [-0.2, -0.15) is 10.1 Å². The average Bonchev–Trinajstić information content (AvgIpc) is 3.07. The number of nitrogens with zero attached hydrogens (tertiary/aromatic N) is 5. The van der Waals surface area contributed by atoms with Crippen molar-refractivity contribution in [3.63, 3.8) is 0 Å². The van der Waals surface area contributed by atoms with E-state index in [1.807, 2.05) is 24.9 Å². The van der Waals surface area contributed by atoms with Crippen LogP contribution in [0.5, 0.6) is 0 Å². The third-order valence-electron chi connectivity index (χ3n) is 3.65. The molecule has 19 heavy (non-hydrogen) atoms. The molecule has 102 valence electrons. The van der Waals surface area contributed by atoms with E-state index < -0.39 is 0 Å². The Balaban J connectivity index is 1.63. The van der Waals surface area contributed by atoms with E-state index in [0.717, 1.165) is 31.8 Å². The smallest absolute Gasteiger partial charge is 0.223 e. The van der Waals surface area contributed by atoms with Gasteiger partial charge in [0.15, 0.2) is 5.82 Å². The van der Waals surface area contributed by atoms with Gasteiger partial charge in [0.05, 0.1) is 12.2 Å². The van der Waals surface area contributed by atoms with E-state index in [9.17, 15) is 0 Å². The summed E-state index contributed by atoms with van der Waals surface area (Å²) < 4.78 is 6.94. The van der Waals surface area contributed by atoms with Crippen molar-refractivity contribution >= 4 is 0 Å². The van der Waals surface area contributed by atoms with Crippen LogP contribution in [0.15, 0.2) is 16.9 Å². The van der Waals surface area contributed by atoms with Crippen molar-refractivity contribution in [1.29, 1.82) is 0 Å². The standard InChI is InChI=1S/C13H19N5O/c1-10-15-13(16-19-10)12-4-3-6-18(12)7-5-11-8-14-17(2)9-11/h8-9,12H,3-7H2,1-2H3/t12-/m1/s1. The molecule has 3 rings (SSSR count). The molecule has 6 nitrogen and oxygen atoms in total. The van der Waals surface area contributed by atoms with E-state index in [1.165, 1.54) is 12.0 Å². The van der Waals surface area contributed by atoms with E-state index in [4.69, 9.17) is 4.52 Å². The SMILES string of the molecule is Cc1nc([C@H]2CCCN2CCc2cnn(C)c2)no1. The second kappa shape index (κ2) is 5.13. The molecule has 0 amide bonds. The third-order valence-corrected chi connectivity index (χ3v) is 3.65. The second-order valence-corrected chi connectivity index (χ2v) is 5.14. The van der Waals surface area contributed by atoms with Gasteiger partial charge < -0.3 is 4.52 Å². The molecule has 0 saturated carbocycles. The molecule has 0 N–H and O–H groups in total. The molecule has 3 heterocycles. The first kappa shape index (κ1) is 12.3. The molecule has 6 heteroatoms. The Kier molecular flexibility index (Phi) is 3.33. The summed E-state index contributed by atoms with van der Waals surface area (Å²) in [6.07, 6.45) is 7.34. The maximum atomic E-state index is 5.09. The minimum atomic E-state index is 0.314. The predicted molar refractivity (Wildman–Crippen MR) is 69.5 cm³/mol. The Labute approximate surface area is 112 Å². The van der Waals surface area contributed by atoms with Gasteiger partial charge in [0, 0.05) is 26.7 Å². The van der Waals surface area contributed by atoms with Crippen molar-refractivity contribution < 1.29 is 4.52 Å². The highest BCUT2D eigenvalue weighted by atomic mass is 16.5. The Morgan fingerprint density at radius 1 is 1.47 bits per heavy atom. The number of aryl methyl sites for hydroxylation is 2. The first-order valence-electron chi connectivity index (χ1n) is 6.74. The van der Waals surface area contributed by atoms with E-state index in [-0.39, 0.29) is 0 Å². The van der Waals surface area contributed by atoms with Gasteiger partial charge >= 0.3 is 0 Å². The molecule has 0 bridgehead atoms. The third kappa shape index (κ3) is 2.68. The topological polar surface area (TPSA) is 60.0 Å². The zero-order valence-electron chi connectivity index (χ0n) is 11.4. The van der Waals surface area contributed by atoms with Crippen molar-refractivity contribution in [2.45, 2.75) is 32.2 Å². The fourth-order valence-corrected chi connectivity index (χ4v) is 2.71. The first-order valence-corrected chi connectivity index (χ1v) is 6.74. The van der Waals surface area contributed by atoms with Gasteiger partial charge in [0.2, 0.25) is 5.89 Å². The Bertz CT molecular complexity index is 547. The number of likely N-dealkylation sites (tertiary alicyclic amines) is 1. The number of hydrogen-bond donors (Lipinski definition) is 0. The van der Waals surface area contributed by atoms with Crippen molar-refractivity contribution in [1.82, 2.24) is 24.8 Å². The van der Waals surface area contributed by atoms with Gasteiger partial charge in [0.1, 0.15) is 0 Å². The molecule has 2 aromatic rings. The monoisotopic (exact) mass is 261 g/mol. The average molecular weight is 261 g/mol. The fraction of sp³-hybridized carbons (Fsp3) is 0.615. The first-order chi connectivity index (χ1) is 9.22. The lowest BCUT2D eigenvalue weighted by Crippen LogP contribution is -2.26. The number of aromatic nitrogens is 4. The predicted octanol–water partition coefficient (Wildman–Crippen LogP) is 1.49. The van der Waals surface area contributed by atoms with Crippen LogP contribution in [0.3, 0.4) is 0 Å². The van der Waals surface area contributed by atoms with E-state index >= 15 is 0 Å². The quantitative estimate of drug-likeness (QED) is 0.834. The lowest BCUT2D eigenvalue weighted by molar-refractivity contribution is 0.245. The van der Waals surface area contributed by atoms with Crippen molar-refractivity contribution in [3.8, 4) is 0 Å². The maximum absolute atomic E-state index is 5.09. The summed E-state index contributed by atoms with van der Waals surface area (Å²) in [5.41, 5.74) is 1.28. The largest absolute Gasteiger partial charge is 0.340 e. The summed E-state index contributed by atoms with van der Waals surface area (Å²) in [5.74, 6) is 1.48. The Morgan fingerprint density at radius 3 is 3.05 bits per heavy atom. The van der Waals surface area contributed by atoms with Crippen LogP contribution in [0.4, 0.5) is 0 Å². The van der Waals surface area contributed by atoms with Gasteiger partial charge in [-0.15, -0.1) is 0 Å². The van der Waals surface area contributed by atoms with Gasteiger partial charge in [-0.1, -0.05) is 5.16 Å². The van der Waals surface area contributed by atoms with Crippen molar-refractivity contribution in [2.24, 2.45) is 7.05 Å². The summed E-state index contributed by atoms with van der Waals surface area (Å²) in [7, 11) is 1.95. The van der Waals surface area contributed by atoms with Crippen LogP contribution >= 0.6 is 0 Å². The summed E-state index contributed by atoms with van der Waals surface area (Å²) in [5, 5.41) is 8.26. The minimum Gasteiger partial charge on any atom is -0.340 e. The molecule has 1 atom stereocenters. The van der Waals surface area contributed by atoms with Crippen LogP contribution in [-0.4, -0.2) is 37.9 Å². The Morgan fingerprint density at radius 2 is 2.37 bits per heavy atom. The molecule has 1 saturated heterocycles. The van der Waals surface area contributed by atoms with Gasteiger partial charge in [-0.25, -0.2) is 0 Å². The molecule has 0 aromatic carbocycles. The summed E-state index contributed by atoms with van der Waals surface area (Å²) >= 11 is 0. The van der Waals surface area contributed by atoms with Gasteiger partial charge in [0.25, 0.3) is 0 Å². The molecule has 1 aliphatic rings. The lowest BCUT2D eigenvalue weighted by atomic mass is 10.2. The highest BCUT2D eigenvalue weighted by molar-refractivity contribution is 5.05. The second-order valence-electron chi connectivity index (χ2n) is 5.14. The van der Waals surface area contributed by atoms with Crippen LogP contribution in [0.2, 0.25) is 0 Å². The molecule has 0 unspecified atom stereocenters. The zero-order chi connectivity index (χ0) is 13.2. The van der Waals surface area contributed by atoms with Gasteiger partial charge in [-0.3, -0.25) is 9.58 Å². The van der Waals surface area contributed by atoms with Crippen LogP contribution in [-0.2, 0) is 13.5 Å². The highest BCUT2D eigenvalue weighted by Crippen LogP contribution is 2.29. The summed E-state index contributed by atoms with van der Waals surface area (Å²) in [6, 6.07) is 0.314. The van der Waals surface area contributed by atoms with Crippen LogP contribution in [0.1, 0.15) is 36.2 Å². The molecule has 0 radical (unpaired) electrons. The van der Waals surface area contributed by atoms with E-state index in [1.54, 1.807) is 0 Å². The molecule has 1 fully saturated rings. The fourth-order valence-electron chi connectivity index (χ4n) is 2.71. The van der Waals surface area contributed by atoms with Gasteiger partial charge in [-0.05, 0) is 31.4 Å². The Hall–Kier alpha value is -1.69. The van der Waals surface area contributed by atoms with E-state index in [0.29, 0.717) is 11.9 Å².